The maximum atomic E-state index is 11.8. The van der Waals surface area contributed by atoms with Crippen LogP contribution in [0.4, 0.5) is 5.69 Å². The normalized spacial score (nSPS) is 16.3. The molecule has 1 aliphatic rings. The van der Waals surface area contributed by atoms with Crippen LogP contribution in [0.1, 0.15) is 37.7 Å². The number of rotatable bonds is 3. The quantitative estimate of drug-likeness (QED) is 0.824. The van der Waals surface area contributed by atoms with Crippen molar-refractivity contribution in [1.82, 2.24) is 0 Å². The molecule has 0 spiro atoms. The Hall–Kier alpha value is -1.31. The van der Waals surface area contributed by atoms with Crippen LogP contribution in [0.3, 0.4) is 0 Å². The van der Waals surface area contributed by atoms with Gasteiger partial charge in [-0.1, -0.05) is 25.0 Å². The van der Waals surface area contributed by atoms with E-state index in [4.69, 9.17) is 0 Å². The Morgan fingerprint density at radius 1 is 1.38 bits per heavy atom. The predicted molar refractivity (Wildman–Crippen MR) is 66.4 cm³/mol. The van der Waals surface area contributed by atoms with Crippen molar-refractivity contribution in [3.8, 4) is 0 Å². The molecule has 2 heteroatoms. The van der Waals surface area contributed by atoms with E-state index in [1.165, 1.54) is 31.2 Å². The lowest BCUT2D eigenvalue weighted by molar-refractivity contribution is -0.117. The summed E-state index contributed by atoms with van der Waals surface area (Å²) in [5.41, 5.74) is 2.10. The molecule has 1 aromatic rings. The fraction of sp³-hybridized carbons (Fsp3) is 0.500. The van der Waals surface area contributed by atoms with Crippen molar-refractivity contribution in [2.45, 2.75) is 39.0 Å². The van der Waals surface area contributed by atoms with Crippen molar-refractivity contribution < 1.29 is 4.79 Å². The Morgan fingerprint density at radius 2 is 2.12 bits per heavy atom. The smallest absolute Gasteiger partial charge is 0.224 e. The molecule has 0 aliphatic heterocycles. The van der Waals surface area contributed by atoms with Gasteiger partial charge < -0.3 is 5.32 Å². The molecule has 0 atom stereocenters. The summed E-state index contributed by atoms with van der Waals surface area (Å²) in [4.78, 5) is 11.8. The average Bonchev–Trinajstić information content (AvgIpc) is 2.70. The molecule has 0 heterocycles. The van der Waals surface area contributed by atoms with Gasteiger partial charge in [0.05, 0.1) is 0 Å². The minimum Gasteiger partial charge on any atom is -0.326 e. The number of benzene rings is 1. The van der Waals surface area contributed by atoms with Gasteiger partial charge in [-0.25, -0.2) is 0 Å². The van der Waals surface area contributed by atoms with Crippen LogP contribution >= 0.6 is 0 Å². The van der Waals surface area contributed by atoms with Gasteiger partial charge in [0, 0.05) is 12.1 Å². The zero-order valence-electron chi connectivity index (χ0n) is 9.83. The molecule has 1 N–H and O–H groups in total. The molecule has 1 fully saturated rings. The van der Waals surface area contributed by atoms with E-state index < -0.39 is 0 Å². The summed E-state index contributed by atoms with van der Waals surface area (Å²) in [6.07, 6.45) is 5.72. The highest BCUT2D eigenvalue weighted by atomic mass is 16.1. The van der Waals surface area contributed by atoms with E-state index in [0.29, 0.717) is 12.3 Å². The monoisotopic (exact) mass is 217 g/mol. The summed E-state index contributed by atoms with van der Waals surface area (Å²) in [5, 5.41) is 2.97. The number of carbonyl (C=O) groups is 1. The Morgan fingerprint density at radius 3 is 2.81 bits per heavy atom. The van der Waals surface area contributed by atoms with E-state index in [1.807, 2.05) is 31.2 Å². The molecule has 2 rings (SSSR count). The van der Waals surface area contributed by atoms with Gasteiger partial charge >= 0.3 is 0 Å². The first-order valence-corrected chi connectivity index (χ1v) is 6.10. The Labute approximate surface area is 97.1 Å². The van der Waals surface area contributed by atoms with Crippen LogP contribution in [0.15, 0.2) is 24.3 Å². The van der Waals surface area contributed by atoms with E-state index in [1.54, 1.807) is 0 Å². The third kappa shape index (κ3) is 3.09. The van der Waals surface area contributed by atoms with Gasteiger partial charge in [0.1, 0.15) is 0 Å². The van der Waals surface area contributed by atoms with Crippen LogP contribution in [0.25, 0.3) is 0 Å². The van der Waals surface area contributed by atoms with Crippen LogP contribution in [-0.4, -0.2) is 5.91 Å². The van der Waals surface area contributed by atoms with Crippen LogP contribution < -0.4 is 5.32 Å². The average molecular weight is 217 g/mol. The highest BCUT2D eigenvalue weighted by Crippen LogP contribution is 2.27. The zero-order chi connectivity index (χ0) is 11.4. The summed E-state index contributed by atoms with van der Waals surface area (Å²) in [6.45, 7) is 2.03. The minimum absolute atomic E-state index is 0.164. The van der Waals surface area contributed by atoms with E-state index in [9.17, 15) is 4.79 Å². The van der Waals surface area contributed by atoms with Gasteiger partial charge in [0.2, 0.25) is 5.91 Å². The third-order valence-electron chi connectivity index (χ3n) is 3.25. The lowest BCUT2D eigenvalue weighted by Gasteiger charge is -2.09. The second-order valence-electron chi connectivity index (χ2n) is 4.77. The maximum absolute atomic E-state index is 11.8. The van der Waals surface area contributed by atoms with Crippen molar-refractivity contribution in [1.29, 1.82) is 0 Å². The fourth-order valence-corrected chi connectivity index (χ4v) is 2.41. The number of aryl methyl sites for hydroxylation is 1. The first kappa shape index (κ1) is 11.2. The molecule has 0 radical (unpaired) electrons. The number of nitrogens with one attached hydrogen (secondary N) is 1. The first-order chi connectivity index (χ1) is 7.74. The van der Waals surface area contributed by atoms with Gasteiger partial charge in [-0.3, -0.25) is 4.79 Å². The standard InChI is InChI=1S/C14H19NO/c1-11-5-4-8-13(9-11)15-14(16)10-12-6-2-3-7-12/h4-5,8-9,12H,2-3,6-7,10H2,1H3,(H,15,16). The molecule has 1 saturated carbocycles. The second-order valence-corrected chi connectivity index (χ2v) is 4.77. The van der Waals surface area contributed by atoms with Gasteiger partial charge in [0.25, 0.3) is 0 Å². The maximum Gasteiger partial charge on any atom is 0.224 e. The van der Waals surface area contributed by atoms with Crippen LogP contribution in [0, 0.1) is 12.8 Å². The number of hydrogen-bond acceptors (Lipinski definition) is 1. The number of hydrogen-bond donors (Lipinski definition) is 1. The largest absolute Gasteiger partial charge is 0.326 e. The molecule has 16 heavy (non-hydrogen) atoms. The Balaban J connectivity index is 1.86. The first-order valence-electron chi connectivity index (χ1n) is 6.10. The van der Waals surface area contributed by atoms with E-state index in [0.717, 1.165) is 5.69 Å². The second kappa shape index (κ2) is 5.15. The number of carbonyl (C=O) groups excluding carboxylic acids is 1. The molecular formula is C14H19NO. The van der Waals surface area contributed by atoms with E-state index in [2.05, 4.69) is 5.32 Å². The van der Waals surface area contributed by atoms with E-state index in [-0.39, 0.29) is 5.91 Å². The Bertz CT molecular complexity index is 367. The molecular weight excluding hydrogens is 198 g/mol. The minimum atomic E-state index is 0.164. The molecule has 1 aromatic carbocycles. The highest BCUT2D eigenvalue weighted by Gasteiger charge is 2.18. The van der Waals surface area contributed by atoms with Crippen molar-refractivity contribution in [2.24, 2.45) is 5.92 Å². The van der Waals surface area contributed by atoms with Gasteiger partial charge in [-0.05, 0) is 43.4 Å². The van der Waals surface area contributed by atoms with Gasteiger partial charge in [0.15, 0.2) is 0 Å². The molecule has 86 valence electrons. The molecule has 0 aromatic heterocycles. The molecule has 1 aliphatic carbocycles. The van der Waals surface area contributed by atoms with Gasteiger partial charge in [-0.15, -0.1) is 0 Å². The summed E-state index contributed by atoms with van der Waals surface area (Å²) >= 11 is 0. The molecule has 0 saturated heterocycles. The zero-order valence-corrected chi connectivity index (χ0v) is 9.83. The number of amides is 1. The summed E-state index contributed by atoms with van der Waals surface area (Å²) in [5.74, 6) is 0.780. The summed E-state index contributed by atoms with van der Waals surface area (Å²) in [7, 11) is 0. The molecule has 1 amide bonds. The van der Waals surface area contributed by atoms with E-state index >= 15 is 0 Å². The number of anilines is 1. The van der Waals surface area contributed by atoms with Crippen molar-refractivity contribution in [3.05, 3.63) is 29.8 Å². The summed E-state index contributed by atoms with van der Waals surface area (Å²) < 4.78 is 0. The molecule has 0 unspecified atom stereocenters. The van der Waals surface area contributed by atoms with Crippen LogP contribution in [-0.2, 0) is 4.79 Å². The van der Waals surface area contributed by atoms with Crippen LogP contribution in [0.2, 0.25) is 0 Å². The van der Waals surface area contributed by atoms with Crippen LogP contribution in [0.5, 0.6) is 0 Å². The summed E-state index contributed by atoms with van der Waals surface area (Å²) in [6, 6.07) is 7.96. The predicted octanol–water partition coefficient (Wildman–Crippen LogP) is 3.51. The highest BCUT2D eigenvalue weighted by molar-refractivity contribution is 5.90. The fourth-order valence-electron chi connectivity index (χ4n) is 2.41. The lowest BCUT2D eigenvalue weighted by atomic mass is 10.0. The topological polar surface area (TPSA) is 29.1 Å². The van der Waals surface area contributed by atoms with Gasteiger partial charge in [-0.2, -0.15) is 0 Å². The Kier molecular flexibility index (Phi) is 3.60. The van der Waals surface area contributed by atoms with Crippen molar-refractivity contribution in [3.63, 3.8) is 0 Å². The lowest BCUT2D eigenvalue weighted by Crippen LogP contribution is -2.15. The SMILES string of the molecule is Cc1cccc(NC(=O)CC2CCCC2)c1. The molecule has 0 bridgehead atoms. The van der Waals surface area contributed by atoms with Crippen molar-refractivity contribution in [2.75, 3.05) is 5.32 Å². The van der Waals surface area contributed by atoms with Crippen molar-refractivity contribution >= 4 is 11.6 Å². The molecule has 2 nitrogen and oxygen atoms in total. The third-order valence-corrected chi connectivity index (χ3v) is 3.25.